The van der Waals surface area contributed by atoms with E-state index in [0.29, 0.717) is 13.2 Å². The van der Waals surface area contributed by atoms with Crippen LogP contribution in [0.4, 0.5) is 4.79 Å². The largest absolute Gasteiger partial charge is 0.444 e. The van der Waals surface area contributed by atoms with Crippen LogP contribution in [0.1, 0.15) is 53.4 Å². The summed E-state index contributed by atoms with van der Waals surface area (Å²) < 4.78 is 10.4. The van der Waals surface area contributed by atoms with Gasteiger partial charge in [-0.1, -0.05) is 6.92 Å². The first-order valence-corrected chi connectivity index (χ1v) is 8.15. The van der Waals surface area contributed by atoms with Crippen molar-refractivity contribution in [1.82, 2.24) is 10.6 Å². The Balaban J connectivity index is 3.83. The molecule has 2 unspecified atom stereocenters. The minimum absolute atomic E-state index is 0.231. The van der Waals surface area contributed by atoms with E-state index in [-0.39, 0.29) is 18.2 Å². The van der Waals surface area contributed by atoms with Crippen LogP contribution < -0.4 is 10.6 Å². The fourth-order valence-corrected chi connectivity index (χ4v) is 1.96. The number of aliphatic hydroxyl groups excluding tert-OH is 1. The van der Waals surface area contributed by atoms with Crippen LogP contribution >= 0.6 is 0 Å². The Hall–Kier alpha value is -0.850. The molecule has 1 amide bonds. The van der Waals surface area contributed by atoms with Crippen LogP contribution in [-0.2, 0) is 9.47 Å². The number of hydrogen-bond donors (Lipinski definition) is 3. The summed E-state index contributed by atoms with van der Waals surface area (Å²) in [6.45, 7) is 9.47. The van der Waals surface area contributed by atoms with Gasteiger partial charge in [-0.3, -0.25) is 0 Å². The zero-order valence-corrected chi connectivity index (χ0v) is 14.8. The lowest BCUT2D eigenvalue weighted by molar-refractivity contribution is 0.0526. The van der Waals surface area contributed by atoms with Crippen LogP contribution in [-0.4, -0.2) is 55.8 Å². The quantitative estimate of drug-likeness (QED) is 0.508. The second kappa shape index (κ2) is 11.7. The maximum absolute atomic E-state index is 11.5. The van der Waals surface area contributed by atoms with Crippen LogP contribution in [0.25, 0.3) is 0 Å². The van der Waals surface area contributed by atoms with Crippen molar-refractivity contribution in [3.8, 4) is 0 Å². The summed E-state index contributed by atoms with van der Waals surface area (Å²) >= 11 is 0. The van der Waals surface area contributed by atoms with Crippen molar-refractivity contribution >= 4 is 6.09 Å². The van der Waals surface area contributed by atoms with Gasteiger partial charge in [0.15, 0.2) is 0 Å². The second-order valence-electron chi connectivity index (χ2n) is 6.53. The zero-order chi connectivity index (χ0) is 17.0. The molecular formula is C16H34N2O4. The summed E-state index contributed by atoms with van der Waals surface area (Å²) in [5.41, 5.74) is -0.468. The molecule has 132 valence electrons. The highest BCUT2D eigenvalue weighted by Gasteiger charge is 2.15. The molecule has 22 heavy (non-hydrogen) atoms. The molecule has 3 N–H and O–H groups in total. The number of rotatable bonds is 11. The monoisotopic (exact) mass is 318 g/mol. The fraction of sp³-hybridized carbons (Fsp3) is 0.938. The Morgan fingerprint density at radius 1 is 1.23 bits per heavy atom. The van der Waals surface area contributed by atoms with Gasteiger partial charge in [0, 0.05) is 19.7 Å². The minimum Gasteiger partial charge on any atom is -0.444 e. The number of hydrogen-bond acceptors (Lipinski definition) is 5. The van der Waals surface area contributed by atoms with Gasteiger partial charge in [0.2, 0.25) is 0 Å². The highest BCUT2D eigenvalue weighted by Crippen LogP contribution is 2.06. The predicted octanol–water partition coefficient (Wildman–Crippen LogP) is 2.06. The van der Waals surface area contributed by atoms with E-state index >= 15 is 0 Å². The normalized spacial score (nSPS) is 14.5. The summed E-state index contributed by atoms with van der Waals surface area (Å²) in [6.07, 6.45) is 2.63. The van der Waals surface area contributed by atoms with Crippen molar-refractivity contribution in [1.29, 1.82) is 0 Å². The topological polar surface area (TPSA) is 79.8 Å². The molecule has 0 fully saturated rings. The number of methoxy groups -OCH3 is 1. The molecule has 0 aliphatic rings. The average Bonchev–Trinajstić information content (AvgIpc) is 2.41. The first-order chi connectivity index (χ1) is 10.3. The molecule has 6 nitrogen and oxygen atoms in total. The number of alkyl carbamates (subject to hydrolysis) is 1. The van der Waals surface area contributed by atoms with Crippen molar-refractivity contribution < 1.29 is 19.4 Å². The molecule has 0 aromatic rings. The number of ether oxygens (including phenoxy) is 2. The third kappa shape index (κ3) is 12.9. The third-order valence-corrected chi connectivity index (χ3v) is 3.15. The maximum Gasteiger partial charge on any atom is 0.407 e. The summed E-state index contributed by atoms with van der Waals surface area (Å²) in [6, 6.07) is 0.231. The van der Waals surface area contributed by atoms with E-state index in [4.69, 9.17) is 9.47 Å². The Kier molecular flexibility index (Phi) is 11.2. The van der Waals surface area contributed by atoms with E-state index in [0.717, 1.165) is 32.2 Å². The highest BCUT2D eigenvalue weighted by molar-refractivity contribution is 5.67. The molecule has 0 aromatic carbocycles. The highest BCUT2D eigenvalue weighted by atomic mass is 16.6. The molecule has 0 bridgehead atoms. The smallest absolute Gasteiger partial charge is 0.407 e. The molecule has 6 heteroatoms. The van der Waals surface area contributed by atoms with Crippen molar-refractivity contribution in [2.75, 3.05) is 26.8 Å². The number of nitrogens with one attached hydrogen (secondary N) is 2. The molecule has 0 saturated carbocycles. The molecule has 0 aromatic heterocycles. The Bertz CT molecular complexity index is 292. The van der Waals surface area contributed by atoms with E-state index in [1.54, 1.807) is 7.11 Å². The van der Waals surface area contributed by atoms with Gasteiger partial charge < -0.3 is 25.2 Å². The van der Waals surface area contributed by atoms with Crippen LogP contribution in [0.2, 0.25) is 0 Å². The number of carbonyl (C=O) groups is 1. The summed E-state index contributed by atoms with van der Waals surface area (Å²) in [4.78, 5) is 11.5. The van der Waals surface area contributed by atoms with Crippen molar-refractivity contribution in [3.05, 3.63) is 0 Å². The Morgan fingerprint density at radius 2 is 1.91 bits per heavy atom. The molecule has 0 saturated heterocycles. The molecule has 0 aliphatic carbocycles. The summed E-state index contributed by atoms with van der Waals surface area (Å²) in [7, 11) is 1.68. The van der Waals surface area contributed by atoms with Crippen molar-refractivity contribution in [2.24, 2.45) is 0 Å². The van der Waals surface area contributed by atoms with Crippen molar-refractivity contribution in [2.45, 2.75) is 71.1 Å². The summed E-state index contributed by atoms with van der Waals surface area (Å²) in [5.74, 6) is 0. The number of aliphatic hydroxyl groups is 1. The minimum atomic E-state index is -0.468. The third-order valence-electron chi connectivity index (χ3n) is 3.15. The van der Waals surface area contributed by atoms with Gasteiger partial charge in [-0.05, 0) is 53.0 Å². The Labute approximate surface area is 134 Å². The van der Waals surface area contributed by atoms with Crippen LogP contribution in [0.3, 0.4) is 0 Å². The van der Waals surface area contributed by atoms with Gasteiger partial charge >= 0.3 is 6.09 Å². The molecule has 0 aliphatic heterocycles. The van der Waals surface area contributed by atoms with Gasteiger partial charge in [-0.15, -0.1) is 0 Å². The summed E-state index contributed by atoms with van der Waals surface area (Å²) in [5, 5.41) is 15.7. The lowest BCUT2D eigenvalue weighted by Crippen LogP contribution is -2.37. The maximum atomic E-state index is 11.5. The molecular weight excluding hydrogens is 284 g/mol. The average molecular weight is 318 g/mol. The molecule has 0 heterocycles. The van der Waals surface area contributed by atoms with Gasteiger partial charge in [-0.2, -0.15) is 0 Å². The zero-order valence-electron chi connectivity index (χ0n) is 14.8. The predicted molar refractivity (Wildman–Crippen MR) is 88.1 cm³/mol. The number of carbonyl (C=O) groups excluding carboxylic acids is 1. The SMILES string of the molecule is CCC(O)CCNC(CCCNC(=O)OC(C)(C)C)COC. The number of amides is 1. The van der Waals surface area contributed by atoms with Gasteiger partial charge in [-0.25, -0.2) is 4.79 Å². The molecule has 0 radical (unpaired) electrons. The van der Waals surface area contributed by atoms with Gasteiger partial charge in [0.1, 0.15) is 5.60 Å². The van der Waals surface area contributed by atoms with Gasteiger partial charge in [0.25, 0.3) is 0 Å². The first-order valence-electron chi connectivity index (χ1n) is 8.15. The van der Waals surface area contributed by atoms with Crippen molar-refractivity contribution in [3.63, 3.8) is 0 Å². The van der Waals surface area contributed by atoms with Crippen LogP contribution in [0.5, 0.6) is 0 Å². The van der Waals surface area contributed by atoms with Crippen LogP contribution in [0.15, 0.2) is 0 Å². The lowest BCUT2D eigenvalue weighted by Gasteiger charge is -2.21. The molecule has 2 atom stereocenters. The van der Waals surface area contributed by atoms with E-state index in [2.05, 4.69) is 10.6 Å². The van der Waals surface area contributed by atoms with E-state index in [1.165, 1.54) is 0 Å². The molecule has 0 rings (SSSR count). The van der Waals surface area contributed by atoms with E-state index in [9.17, 15) is 9.90 Å². The Morgan fingerprint density at radius 3 is 2.45 bits per heavy atom. The lowest BCUT2D eigenvalue weighted by atomic mass is 10.1. The molecule has 0 spiro atoms. The van der Waals surface area contributed by atoms with Gasteiger partial charge in [0.05, 0.1) is 12.7 Å². The standard InChI is InChI=1S/C16H34N2O4/c1-6-14(19)9-11-17-13(12-21-5)8-7-10-18-15(20)22-16(2,3)4/h13-14,17,19H,6-12H2,1-5H3,(H,18,20). The second-order valence-corrected chi connectivity index (χ2v) is 6.53. The van der Waals surface area contributed by atoms with E-state index in [1.807, 2.05) is 27.7 Å². The first kappa shape index (κ1) is 21.1. The van der Waals surface area contributed by atoms with E-state index < -0.39 is 5.60 Å². The fourth-order valence-electron chi connectivity index (χ4n) is 1.96. The van der Waals surface area contributed by atoms with Crippen LogP contribution in [0, 0.1) is 0 Å².